The minimum absolute atomic E-state index is 0.323. The van der Waals surface area contributed by atoms with Crippen molar-refractivity contribution in [3.8, 4) is 0 Å². The van der Waals surface area contributed by atoms with Crippen LogP contribution in [0, 0.1) is 0 Å². The first-order chi connectivity index (χ1) is 5.93. The second kappa shape index (κ2) is 4.90. The lowest BCUT2D eigenvalue weighted by atomic mass is 10.0. The van der Waals surface area contributed by atoms with Crippen LogP contribution in [0.1, 0.15) is 27.2 Å². The van der Waals surface area contributed by atoms with E-state index in [-0.39, 0.29) is 0 Å². The largest absolute Gasteiger partial charge is 0.399 e. The lowest BCUT2D eigenvalue weighted by molar-refractivity contribution is 0.262. The molecule has 0 amide bonds. The zero-order chi connectivity index (χ0) is 10.5. The van der Waals surface area contributed by atoms with E-state index in [1.165, 1.54) is 13.8 Å². The van der Waals surface area contributed by atoms with Gasteiger partial charge >= 0.3 is 0 Å². The molecule has 0 fully saturated rings. The van der Waals surface area contributed by atoms with Crippen LogP contribution in [-0.4, -0.2) is 12.2 Å². The topological polar surface area (TPSA) is 38.0 Å². The molecule has 0 aliphatic heterocycles. The molecule has 3 heteroatoms. The number of alkyl halides is 1. The second-order valence-electron chi connectivity index (χ2n) is 3.43. The highest BCUT2D eigenvalue weighted by Crippen LogP contribution is 2.20. The summed E-state index contributed by atoms with van der Waals surface area (Å²) in [6.45, 7) is 8.97. The molecule has 0 spiro atoms. The fraction of sp³-hybridized carbons (Fsp3) is 0.600. The summed E-state index contributed by atoms with van der Waals surface area (Å²) < 4.78 is 13.4. The molecular formula is C10H19FN2. The molecule has 13 heavy (non-hydrogen) atoms. The van der Waals surface area contributed by atoms with Gasteiger partial charge in [-0.2, -0.15) is 0 Å². The molecule has 0 aliphatic rings. The fourth-order valence-corrected chi connectivity index (χ4v) is 1.03. The molecule has 0 aromatic carbocycles. The van der Waals surface area contributed by atoms with Gasteiger partial charge in [-0.3, -0.25) is 0 Å². The number of hydrogen-bond acceptors (Lipinski definition) is 2. The summed E-state index contributed by atoms with van der Waals surface area (Å²) in [4.78, 5) is 0. The Morgan fingerprint density at radius 2 is 2.15 bits per heavy atom. The second-order valence-corrected chi connectivity index (χ2v) is 3.43. The van der Waals surface area contributed by atoms with Crippen molar-refractivity contribution in [2.24, 2.45) is 5.73 Å². The van der Waals surface area contributed by atoms with E-state index in [9.17, 15) is 4.39 Å². The van der Waals surface area contributed by atoms with Gasteiger partial charge in [-0.1, -0.05) is 13.5 Å². The van der Waals surface area contributed by atoms with Gasteiger partial charge in [-0.05, 0) is 32.0 Å². The van der Waals surface area contributed by atoms with Crippen molar-refractivity contribution >= 4 is 0 Å². The summed E-state index contributed by atoms with van der Waals surface area (Å²) in [5, 5.41) is 2.91. The summed E-state index contributed by atoms with van der Waals surface area (Å²) in [6, 6.07) is 0. The Hall–Kier alpha value is -0.990. The molecule has 2 nitrogen and oxygen atoms in total. The molecule has 0 aromatic heterocycles. The Labute approximate surface area is 79.7 Å². The zero-order valence-corrected chi connectivity index (χ0v) is 8.65. The molecule has 0 heterocycles. The Kier molecular flexibility index (Phi) is 4.52. The van der Waals surface area contributed by atoms with Gasteiger partial charge in [0, 0.05) is 12.2 Å². The molecule has 0 saturated carbocycles. The normalized spacial score (nSPS) is 13.5. The first kappa shape index (κ1) is 12.0. The molecule has 0 unspecified atom stereocenters. The van der Waals surface area contributed by atoms with Crippen LogP contribution in [0.4, 0.5) is 4.39 Å². The van der Waals surface area contributed by atoms with Gasteiger partial charge in [0.2, 0.25) is 0 Å². The summed E-state index contributed by atoms with van der Waals surface area (Å²) in [6.07, 6.45) is 2.33. The van der Waals surface area contributed by atoms with Gasteiger partial charge < -0.3 is 11.1 Å². The number of rotatable bonds is 5. The maximum atomic E-state index is 13.4. The molecule has 0 saturated heterocycles. The lowest BCUT2D eigenvalue weighted by Crippen LogP contribution is -2.27. The molecule has 0 rings (SSSR count). The van der Waals surface area contributed by atoms with E-state index in [1.54, 1.807) is 6.20 Å². The van der Waals surface area contributed by atoms with Gasteiger partial charge in [0.05, 0.1) is 0 Å². The number of nitrogens with one attached hydrogen (secondary N) is 1. The number of halogens is 1. The molecule has 0 aromatic rings. The van der Waals surface area contributed by atoms with Crippen molar-refractivity contribution in [1.29, 1.82) is 0 Å². The van der Waals surface area contributed by atoms with E-state index in [1.807, 2.05) is 6.92 Å². The van der Waals surface area contributed by atoms with Gasteiger partial charge in [0.1, 0.15) is 5.67 Å². The summed E-state index contributed by atoms with van der Waals surface area (Å²) in [5.74, 6) is 0. The molecule has 76 valence electrons. The highest BCUT2D eigenvalue weighted by molar-refractivity contribution is 5.20. The quantitative estimate of drug-likeness (QED) is 0.690. The maximum absolute atomic E-state index is 13.4. The Balaban J connectivity index is 4.58. The van der Waals surface area contributed by atoms with E-state index in [2.05, 4.69) is 11.9 Å². The van der Waals surface area contributed by atoms with E-state index < -0.39 is 5.67 Å². The van der Waals surface area contributed by atoms with Crippen LogP contribution >= 0.6 is 0 Å². The third kappa shape index (κ3) is 3.97. The zero-order valence-electron chi connectivity index (χ0n) is 8.65. The van der Waals surface area contributed by atoms with Crippen molar-refractivity contribution in [2.45, 2.75) is 32.9 Å². The minimum Gasteiger partial charge on any atom is -0.399 e. The first-order valence-electron chi connectivity index (χ1n) is 4.44. The molecule has 0 radical (unpaired) electrons. The Bertz CT molecular complexity index is 201. The van der Waals surface area contributed by atoms with Gasteiger partial charge in [0.25, 0.3) is 0 Å². The van der Waals surface area contributed by atoms with E-state index >= 15 is 0 Å². The molecular weight excluding hydrogens is 167 g/mol. The van der Waals surface area contributed by atoms with Gasteiger partial charge in [0.15, 0.2) is 0 Å². The summed E-state index contributed by atoms with van der Waals surface area (Å²) in [5.41, 5.74) is 5.46. The highest BCUT2D eigenvalue weighted by Gasteiger charge is 2.21. The van der Waals surface area contributed by atoms with E-state index in [0.717, 1.165) is 12.0 Å². The van der Waals surface area contributed by atoms with Crippen molar-refractivity contribution in [2.75, 3.05) is 6.54 Å². The van der Waals surface area contributed by atoms with Crippen molar-refractivity contribution in [1.82, 2.24) is 5.32 Å². The SMILES string of the molecule is C=CNC/C(CC)=C(\N)C(C)(C)F. The van der Waals surface area contributed by atoms with E-state index in [0.29, 0.717) is 12.2 Å². The monoisotopic (exact) mass is 186 g/mol. The summed E-state index contributed by atoms with van der Waals surface area (Å²) >= 11 is 0. The van der Waals surface area contributed by atoms with Crippen LogP contribution in [0.2, 0.25) is 0 Å². The number of allylic oxidation sites excluding steroid dienone is 1. The highest BCUT2D eigenvalue weighted by atomic mass is 19.1. The van der Waals surface area contributed by atoms with Gasteiger partial charge in [-0.25, -0.2) is 4.39 Å². The van der Waals surface area contributed by atoms with Crippen molar-refractivity contribution in [3.05, 3.63) is 24.0 Å². The van der Waals surface area contributed by atoms with Crippen LogP contribution < -0.4 is 11.1 Å². The predicted octanol–water partition coefficient (Wildman–Crippen LogP) is 2.09. The average Bonchev–Trinajstić information content (AvgIpc) is 2.04. The Morgan fingerprint density at radius 3 is 2.46 bits per heavy atom. The molecule has 0 atom stereocenters. The molecule has 0 bridgehead atoms. The number of hydrogen-bond donors (Lipinski definition) is 2. The first-order valence-corrected chi connectivity index (χ1v) is 4.44. The van der Waals surface area contributed by atoms with Crippen LogP contribution in [-0.2, 0) is 0 Å². The van der Waals surface area contributed by atoms with E-state index in [4.69, 9.17) is 5.73 Å². The van der Waals surface area contributed by atoms with Crippen LogP contribution in [0.3, 0.4) is 0 Å². The lowest BCUT2D eigenvalue weighted by Gasteiger charge is -2.19. The van der Waals surface area contributed by atoms with Crippen LogP contribution in [0.5, 0.6) is 0 Å². The van der Waals surface area contributed by atoms with Crippen molar-refractivity contribution < 1.29 is 4.39 Å². The van der Waals surface area contributed by atoms with Crippen LogP contribution in [0.15, 0.2) is 24.0 Å². The average molecular weight is 186 g/mol. The standard InChI is InChI=1S/C10H19FN2/c1-5-8(7-13-6-2)9(12)10(3,4)11/h6,13H,2,5,7,12H2,1,3-4H3/b9-8-. The smallest absolute Gasteiger partial charge is 0.144 e. The van der Waals surface area contributed by atoms with Gasteiger partial charge in [-0.15, -0.1) is 0 Å². The molecule has 0 aliphatic carbocycles. The third-order valence-electron chi connectivity index (χ3n) is 1.91. The predicted molar refractivity (Wildman–Crippen MR) is 54.9 cm³/mol. The third-order valence-corrected chi connectivity index (χ3v) is 1.91. The Morgan fingerprint density at radius 1 is 1.62 bits per heavy atom. The number of nitrogens with two attached hydrogens (primary N) is 1. The van der Waals surface area contributed by atoms with Crippen molar-refractivity contribution in [3.63, 3.8) is 0 Å². The van der Waals surface area contributed by atoms with Crippen LogP contribution in [0.25, 0.3) is 0 Å². The summed E-state index contributed by atoms with van der Waals surface area (Å²) in [7, 11) is 0. The fourth-order valence-electron chi connectivity index (χ4n) is 1.03. The molecule has 3 N–H and O–H groups in total. The maximum Gasteiger partial charge on any atom is 0.144 e. The minimum atomic E-state index is -1.44.